The monoisotopic (exact) mass is 470 g/mol. The molecule has 0 spiro atoms. The summed E-state index contributed by atoms with van der Waals surface area (Å²) >= 11 is 0. The van der Waals surface area contributed by atoms with Gasteiger partial charge in [-0.2, -0.15) is 40.2 Å². The van der Waals surface area contributed by atoms with Crippen LogP contribution in [0.4, 0.5) is 40.8 Å². The minimum absolute atomic E-state index is 0.261. The number of nitrogens with zero attached hydrogens (tertiary/aromatic N) is 3. The van der Waals surface area contributed by atoms with Crippen LogP contribution in [0, 0.1) is 0 Å². The summed E-state index contributed by atoms with van der Waals surface area (Å²) in [5.74, 6) is -7.16. The fraction of sp³-hybridized carbons (Fsp3) is 0.278. The SMILES string of the molecule is CN(C)c1cc(Oc2cccc(C(F)(F)F)c2)nc(C(=O)NN=CC(F)(F)C(F)(F)F)c1. The van der Waals surface area contributed by atoms with Crippen molar-refractivity contribution in [3.63, 3.8) is 0 Å². The van der Waals surface area contributed by atoms with Crippen LogP contribution in [0.15, 0.2) is 41.5 Å². The average Bonchev–Trinajstić information content (AvgIpc) is 2.66. The van der Waals surface area contributed by atoms with Crippen molar-refractivity contribution < 1.29 is 44.7 Å². The van der Waals surface area contributed by atoms with Gasteiger partial charge in [-0.3, -0.25) is 4.79 Å². The highest BCUT2D eigenvalue weighted by molar-refractivity contribution is 5.93. The number of hydrogen-bond acceptors (Lipinski definition) is 5. The number of amides is 1. The molecule has 1 amide bonds. The first-order valence-corrected chi connectivity index (χ1v) is 8.44. The van der Waals surface area contributed by atoms with E-state index in [2.05, 4.69) is 10.1 Å². The molecule has 2 aromatic rings. The first kappa shape index (κ1) is 24.8. The fourth-order valence-corrected chi connectivity index (χ4v) is 2.08. The Balaban J connectivity index is 2.29. The van der Waals surface area contributed by atoms with Crippen LogP contribution in [0.5, 0.6) is 11.6 Å². The van der Waals surface area contributed by atoms with E-state index < -0.39 is 41.7 Å². The summed E-state index contributed by atoms with van der Waals surface area (Å²) in [6, 6.07) is 6.17. The molecule has 1 heterocycles. The molecule has 0 aliphatic carbocycles. The van der Waals surface area contributed by atoms with Crippen molar-refractivity contribution in [3.05, 3.63) is 47.7 Å². The Morgan fingerprint density at radius 3 is 2.28 bits per heavy atom. The second-order valence-electron chi connectivity index (χ2n) is 6.39. The van der Waals surface area contributed by atoms with Gasteiger partial charge in [-0.1, -0.05) is 6.07 Å². The van der Waals surface area contributed by atoms with Gasteiger partial charge in [-0.25, -0.2) is 10.4 Å². The molecule has 1 aromatic heterocycles. The Morgan fingerprint density at radius 1 is 1.06 bits per heavy atom. The van der Waals surface area contributed by atoms with Gasteiger partial charge in [0.25, 0.3) is 5.91 Å². The minimum atomic E-state index is -5.91. The third-order valence-electron chi connectivity index (χ3n) is 3.69. The van der Waals surface area contributed by atoms with E-state index in [1.54, 1.807) is 0 Å². The van der Waals surface area contributed by atoms with Gasteiger partial charge in [-0.05, 0) is 24.3 Å². The van der Waals surface area contributed by atoms with Crippen LogP contribution in [-0.4, -0.2) is 43.3 Å². The molecule has 32 heavy (non-hydrogen) atoms. The van der Waals surface area contributed by atoms with E-state index in [1.807, 2.05) is 0 Å². The Morgan fingerprint density at radius 2 is 1.72 bits per heavy atom. The van der Waals surface area contributed by atoms with Crippen molar-refractivity contribution in [3.8, 4) is 11.6 Å². The maximum absolute atomic E-state index is 12.9. The Kier molecular flexibility index (Phi) is 6.95. The number of nitrogens with one attached hydrogen (secondary N) is 1. The van der Waals surface area contributed by atoms with E-state index in [-0.39, 0.29) is 17.3 Å². The molecular weight excluding hydrogens is 456 g/mol. The lowest BCUT2D eigenvalue weighted by Gasteiger charge is -2.16. The van der Waals surface area contributed by atoms with Gasteiger partial charge in [-0.15, -0.1) is 0 Å². The van der Waals surface area contributed by atoms with Crippen LogP contribution in [0.25, 0.3) is 0 Å². The van der Waals surface area contributed by atoms with Crippen molar-refractivity contribution in [2.45, 2.75) is 18.3 Å². The number of pyridine rings is 1. The van der Waals surface area contributed by atoms with Crippen molar-refractivity contribution in [1.29, 1.82) is 0 Å². The quantitative estimate of drug-likeness (QED) is 0.372. The number of ether oxygens (including phenoxy) is 1. The number of carbonyl (C=O) groups excluding carboxylic acids is 1. The summed E-state index contributed by atoms with van der Waals surface area (Å²) in [5, 5.41) is 2.60. The standard InChI is InChI=1S/C18H14F8N4O2/c1-30(2)11-7-13(15(31)29-27-9-16(19,20)18(24,25)26)28-14(8-11)32-12-5-3-4-10(6-12)17(21,22)23/h3-9H,1-2H3,(H,29,31). The maximum atomic E-state index is 12.9. The lowest BCUT2D eigenvalue weighted by molar-refractivity contribution is -0.247. The normalized spacial score (nSPS) is 12.7. The Bertz CT molecular complexity index is 1000. The average molecular weight is 470 g/mol. The van der Waals surface area contributed by atoms with Gasteiger partial charge in [0, 0.05) is 25.8 Å². The molecule has 0 aliphatic heterocycles. The van der Waals surface area contributed by atoms with Crippen molar-refractivity contribution in [2.75, 3.05) is 19.0 Å². The van der Waals surface area contributed by atoms with Crippen LogP contribution >= 0.6 is 0 Å². The summed E-state index contributed by atoms with van der Waals surface area (Å²) in [6.07, 6.45) is -11.3. The molecule has 2 rings (SSSR count). The molecule has 0 bridgehead atoms. The molecule has 0 radical (unpaired) electrons. The predicted molar refractivity (Wildman–Crippen MR) is 97.0 cm³/mol. The first-order chi connectivity index (χ1) is 14.6. The molecule has 0 aliphatic rings. The Hall–Kier alpha value is -3.45. The highest BCUT2D eigenvalue weighted by Gasteiger charge is 2.56. The van der Waals surface area contributed by atoms with Gasteiger partial charge in [0.05, 0.1) is 5.56 Å². The fourth-order valence-electron chi connectivity index (χ4n) is 2.08. The number of hydrogen-bond donors (Lipinski definition) is 1. The highest BCUT2D eigenvalue weighted by atomic mass is 19.4. The maximum Gasteiger partial charge on any atom is 0.459 e. The number of halogens is 8. The van der Waals surface area contributed by atoms with Crippen LogP contribution in [-0.2, 0) is 6.18 Å². The number of aromatic nitrogens is 1. The molecule has 1 N–H and O–H groups in total. The lowest BCUT2D eigenvalue weighted by Crippen LogP contribution is -2.38. The van der Waals surface area contributed by atoms with Crippen molar-refractivity contribution >= 4 is 17.8 Å². The molecule has 0 saturated carbocycles. The molecule has 6 nitrogen and oxygen atoms in total. The summed E-state index contributed by atoms with van der Waals surface area (Å²) in [5.41, 5.74) is 0.228. The third kappa shape index (κ3) is 6.28. The number of anilines is 1. The lowest BCUT2D eigenvalue weighted by atomic mass is 10.2. The van der Waals surface area contributed by atoms with Gasteiger partial charge >= 0.3 is 18.3 Å². The van der Waals surface area contributed by atoms with Gasteiger partial charge in [0.1, 0.15) is 17.7 Å². The second-order valence-corrected chi connectivity index (χ2v) is 6.39. The number of carbonyl (C=O) groups is 1. The molecule has 0 fully saturated rings. The van der Waals surface area contributed by atoms with Crippen molar-refractivity contribution in [2.24, 2.45) is 5.10 Å². The predicted octanol–water partition coefficient (Wildman–Crippen LogP) is 4.87. The summed E-state index contributed by atoms with van der Waals surface area (Å²) in [6.45, 7) is 0. The van der Waals surface area contributed by atoms with Gasteiger partial charge < -0.3 is 9.64 Å². The minimum Gasteiger partial charge on any atom is -0.439 e. The largest absolute Gasteiger partial charge is 0.459 e. The summed E-state index contributed by atoms with van der Waals surface area (Å²) < 4.78 is 106. The number of alkyl halides is 8. The van der Waals surface area contributed by atoms with Crippen molar-refractivity contribution in [1.82, 2.24) is 10.4 Å². The molecule has 174 valence electrons. The van der Waals surface area contributed by atoms with E-state index in [0.29, 0.717) is 6.07 Å². The molecule has 0 saturated heterocycles. The third-order valence-corrected chi connectivity index (χ3v) is 3.69. The molecule has 14 heteroatoms. The topological polar surface area (TPSA) is 66.8 Å². The van der Waals surface area contributed by atoms with E-state index in [4.69, 9.17) is 4.74 Å². The van der Waals surface area contributed by atoms with Gasteiger partial charge in [0.15, 0.2) is 0 Å². The zero-order chi connectivity index (χ0) is 24.3. The number of hydrazone groups is 1. The van der Waals surface area contributed by atoms with E-state index >= 15 is 0 Å². The number of rotatable bonds is 6. The van der Waals surface area contributed by atoms with E-state index in [1.165, 1.54) is 36.6 Å². The Labute approximate surface area is 175 Å². The highest BCUT2D eigenvalue weighted by Crippen LogP contribution is 2.34. The second kappa shape index (κ2) is 8.96. The molecule has 0 unspecified atom stereocenters. The molecular formula is C18H14F8N4O2. The zero-order valence-electron chi connectivity index (χ0n) is 16.2. The smallest absolute Gasteiger partial charge is 0.439 e. The van der Waals surface area contributed by atoms with Crippen LogP contribution in [0.1, 0.15) is 16.1 Å². The van der Waals surface area contributed by atoms with Crippen LogP contribution in [0.2, 0.25) is 0 Å². The van der Waals surface area contributed by atoms with Crippen LogP contribution < -0.4 is 15.1 Å². The van der Waals surface area contributed by atoms with Gasteiger partial charge in [0.2, 0.25) is 5.88 Å². The molecule has 1 aromatic carbocycles. The zero-order valence-corrected chi connectivity index (χ0v) is 16.2. The summed E-state index contributed by atoms with van der Waals surface area (Å²) in [7, 11) is 3.07. The number of benzene rings is 1. The van der Waals surface area contributed by atoms with E-state index in [0.717, 1.165) is 18.2 Å². The molecule has 0 atom stereocenters. The summed E-state index contributed by atoms with van der Waals surface area (Å²) in [4.78, 5) is 17.3. The first-order valence-electron chi connectivity index (χ1n) is 8.44. The van der Waals surface area contributed by atoms with E-state index in [9.17, 15) is 39.9 Å². The van der Waals surface area contributed by atoms with Crippen LogP contribution in [0.3, 0.4) is 0 Å².